The largest absolute Gasteiger partial charge is 0.285 e. The molecule has 0 aromatic carbocycles. The SMILES string of the molecule is CCCCCCC(CCCC)c1c[nH]nc1C. The first kappa shape index (κ1) is 14.3. The van der Waals surface area contributed by atoms with Crippen LogP contribution >= 0.6 is 0 Å². The molecule has 1 aromatic heterocycles. The summed E-state index contributed by atoms with van der Waals surface area (Å²) in [5.41, 5.74) is 2.65. The van der Waals surface area contributed by atoms with Crippen molar-refractivity contribution in [1.29, 1.82) is 0 Å². The number of nitrogens with one attached hydrogen (secondary N) is 1. The normalized spacial score (nSPS) is 12.9. The highest BCUT2D eigenvalue weighted by Crippen LogP contribution is 2.29. The van der Waals surface area contributed by atoms with Crippen LogP contribution in [0, 0.1) is 6.92 Å². The molecular weight excluding hydrogens is 208 g/mol. The van der Waals surface area contributed by atoms with Crippen molar-refractivity contribution < 1.29 is 0 Å². The number of aromatic nitrogens is 2. The Hall–Kier alpha value is -0.790. The third-order valence-electron chi connectivity index (χ3n) is 3.62. The summed E-state index contributed by atoms with van der Waals surface area (Å²) >= 11 is 0. The van der Waals surface area contributed by atoms with E-state index in [1.165, 1.54) is 62.6 Å². The lowest BCUT2D eigenvalue weighted by molar-refractivity contribution is 0.507. The predicted octanol–water partition coefficient (Wildman–Crippen LogP) is 4.96. The zero-order valence-electron chi connectivity index (χ0n) is 11.8. The number of nitrogens with zero attached hydrogens (tertiary/aromatic N) is 1. The van der Waals surface area contributed by atoms with Gasteiger partial charge in [-0.05, 0) is 31.2 Å². The Morgan fingerprint density at radius 3 is 2.35 bits per heavy atom. The van der Waals surface area contributed by atoms with Crippen LogP contribution in [0.1, 0.15) is 82.4 Å². The molecular formula is C15H28N2. The smallest absolute Gasteiger partial charge is 0.0625 e. The highest BCUT2D eigenvalue weighted by molar-refractivity contribution is 5.19. The molecule has 2 nitrogen and oxygen atoms in total. The summed E-state index contributed by atoms with van der Waals surface area (Å²) in [7, 11) is 0. The van der Waals surface area contributed by atoms with E-state index in [0.717, 1.165) is 5.92 Å². The molecule has 2 heteroatoms. The lowest BCUT2D eigenvalue weighted by Gasteiger charge is -2.16. The average molecular weight is 236 g/mol. The molecule has 98 valence electrons. The second kappa shape index (κ2) is 8.32. The van der Waals surface area contributed by atoms with Crippen LogP contribution in [0.25, 0.3) is 0 Å². The second-order valence-corrected chi connectivity index (χ2v) is 5.11. The highest BCUT2D eigenvalue weighted by atomic mass is 15.1. The Morgan fingerprint density at radius 2 is 1.76 bits per heavy atom. The molecule has 1 N–H and O–H groups in total. The van der Waals surface area contributed by atoms with E-state index in [-0.39, 0.29) is 0 Å². The number of aryl methyl sites for hydroxylation is 1. The molecule has 1 heterocycles. The summed E-state index contributed by atoms with van der Waals surface area (Å²) in [6.45, 7) is 6.67. The fourth-order valence-electron chi connectivity index (χ4n) is 2.50. The summed E-state index contributed by atoms with van der Waals surface area (Å²) in [6.07, 6.45) is 12.8. The number of unbranched alkanes of at least 4 members (excludes halogenated alkanes) is 4. The van der Waals surface area contributed by atoms with Crippen LogP contribution in [0.2, 0.25) is 0 Å². The minimum Gasteiger partial charge on any atom is -0.285 e. The van der Waals surface area contributed by atoms with Crippen LogP contribution in [-0.4, -0.2) is 10.2 Å². The van der Waals surface area contributed by atoms with E-state index in [2.05, 4.69) is 37.2 Å². The Morgan fingerprint density at radius 1 is 1.06 bits per heavy atom. The van der Waals surface area contributed by atoms with Crippen molar-refractivity contribution in [3.05, 3.63) is 17.5 Å². The summed E-state index contributed by atoms with van der Waals surface area (Å²) in [4.78, 5) is 0. The van der Waals surface area contributed by atoms with Crippen LogP contribution < -0.4 is 0 Å². The van der Waals surface area contributed by atoms with Gasteiger partial charge in [-0.2, -0.15) is 5.10 Å². The van der Waals surface area contributed by atoms with Gasteiger partial charge in [0.1, 0.15) is 0 Å². The van der Waals surface area contributed by atoms with Crippen molar-refractivity contribution in [1.82, 2.24) is 10.2 Å². The first-order valence-electron chi connectivity index (χ1n) is 7.29. The van der Waals surface area contributed by atoms with Crippen LogP contribution in [0.5, 0.6) is 0 Å². The molecule has 1 aromatic rings. The summed E-state index contributed by atoms with van der Waals surface area (Å²) in [6, 6.07) is 0. The zero-order chi connectivity index (χ0) is 12.5. The summed E-state index contributed by atoms with van der Waals surface area (Å²) in [5.74, 6) is 0.727. The topological polar surface area (TPSA) is 28.7 Å². The Balaban J connectivity index is 2.46. The lowest BCUT2D eigenvalue weighted by Crippen LogP contribution is -2.00. The quantitative estimate of drug-likeness (QED) is 0.603. The van der Waals surface area contributed by atoms with Gasteiger partial charge in [-0.1, -0.05) is 52.4 Å². The zero-order valence-corrected chi connectivity index (χ0v) is 11.8. The molecule has 0 fully saturated rings. The molecule has 0 bridgehead atoms. The van der Waals surface area contributed by atoms with E-state index in [1.807, 2.05) is 0 Å². The first-order chi connectivity index (χ1) is 8.29. The molecule has 17 heavy (non-hydrogen) atoms. The van der Waals surface area contributed by atoms with Crippen LogP contribution in [-0.2, 0) is 0 Å². The lowest BCUT2D eigenvalue weighted by atomic mass is 9.89. The Labute approximate surface area is 106 Å². The molecule has 0 amide bonds. The second-order valence-electron chi connectivity index (χ2n) is 5.11. The van der Waals surface area contributed by atoms with Crippen molar-refractivity contribution in [2.45, 2.75) is 78.1 Å². The molecule has 0 aliphatic carbocycles. The van der Waals surface area contributed by atoms with Crippen molar-refractivity contribution in [3.8, 4) is 0 Å². The van der Waals surface area contributed by atoms with Gasteiger partial charge in [0.2, 0.25) is 0 Å². The standard InChI is InChI=1S/C15H28N2/c1-4-6-8-9-11-14(10-7-5-2)15-12-16-17-13(15)3/h12,14H,4-11H2,1-3H3,(H,16,17). The van der Waals surface area contributed by atoms with E-state index in [9.17, 15) is 0 Å². The molecule has 1 unspecified atom stereocenters. The average Bonchev–Trinajstić information content (AvgIpc) is 2.75. The van der Waals surface area contributed by atoms with Crippen molar-refractivity contribution >= 4 is 0 Å². The third-order valence-corrected chi connectivity index (χ3v) is 3.62. The first-order valence-corrected chi connectivity index (χ1v) is 7.29. The highest BCUT2D eigenvalue weighted by Gasteiger charge is 2.14. The van der Waals surface area contributed by atoms with Gasteiger partial charge < -0.3 is 0 Å². The van der Waals surface area contributed by atoms with Gasteiger partial charge in [0.05, 0.1) is 5.69 Å². The maximum Gasteiger partial charge on any atom is 0.0625 e. The van der Waals surface area contributed by atoms with Gasteiger partial charge in [-0.3, -0.25) is 5.10 Å². The van der Waals surface area contributed by atoms with E-state index < -0.39 is 0 Å². The van der Waals surface area contributed by atoms with Crippen LogP contribution in [0.15, 0.2) is 6.20 Å². The van der Waals surface area contributed by atoms with Gasteiger partial charge in [0.15, 0.2) is 0 Å². The van der Waals surface area contributed by atoms with Gasteiger partial charge in [-0.25, -0.2) is 0 Å². The van der Waals surface area contributed by atoms with Crippen molar-refractivity contribution in [2.75, 3.05) is 0 Å². The molecule has 0 saturated heterocycles. The molecule has 0 aliphatic rings. The van der Waals surface area contributed by atoms with Gasteiger partial charge in [-0.15, -0.1) is 0 Å². The van der Waals surface area contributed by atoms with E-state index in [0.29, 0.717) is 0 Å². The maximum atomic E-state index is 4.27. The molecule has 0 saturated carbocycles. The van der Waals surface area contributed by atoms with E-state index in [4.69, 9.17) is 0 Å². The third kappa shape index (κ3) is 4.93. The van der Waals surface area contributed by atoms with E-state index in [1.54, 1.807) is 0 Å². The molecule has 1 rings (SSSR count). The monoisotopic (exact) mass is 236 g/mol. The van der Waals surface area contributed by atoms with Crippen molar-refractivity contribution in [3.63, 3.8) is 0 Å². The molecule has 1 atom stereocenters. The number of H-pyrrole nitrogens is 1. The fourth-order valence-corrected chi connectivity index (χ4v) is 2.50. The summed E-state index contributed by atoms with van der Waals surface area (Å²) < 4.78 is 0. The fraction of sp³-hybridized carbons (Fsp3) is 0.800. The predicted molar refractivity (Wildman–Crippen MR) is 74.3 cm³/mol. The van der Waals surface area contributed by atoms with Crippen molar-refractivity contribution in [2.24, 2.45) is 0 Å². The number of aromatic amines is 1. The minimum atomic E-state index is 0.727. The van der Waals surface area contributed by atoms with Gasteiger partial charge >= 0.3 is 0 Å². The maximum absolute atomic E-state index is 4.27. The minimum absolute atomic E-state index is 0.727. The van der Waals surface area contributed by atoms with Gasteiger partial charge in [0.25, 0.3) is 0 Å². The Bertz CT molecular complexity index is 291. The Kier molecular flexibility index (Phi) is 6.99. The molecule has 0 radical (unpaired) electrons. The van der Waals surface area contributed by atoms with Crippen LogP contribution in [0.4, 0.5) is 0 Å². The van der Waals surface area contributed by atoms with Gasteiger partial charge in [0, 0.05) is 6.20 Å². The van der Waals surface area contributed by atoms with E-state index >= 15 is 0 Å². The number of hydrogen-bond donors (Lipinski definition) is 1. The molecule has 0 spiro atoms. The number of hydrogen-bond acceptors (Lipinski definition) is 1. The van der Waals surface area contributed by atoms with Crippen LogP contribution in [0.3, 0.4) is 0 Å². The number of rotatable bonds is 9. The summed E-state index contributed by atoms with van der Waals surface area (Å²) in [5, 5.41) is 7.27. The molecule has 0 aliphatic heterocycles.